The fourth-order valence-corrected chi connectivity index (χ4v) is 2.84. The second-order valence-electron chi connectivity index (χ2n) is 3.88. The molecule has 1 aromatic carbocycles. The summed E-state index contributed by atoms with van der Waals surface area (Å²) in [6.07, 6.45) is 0. The summed E-state index contributed by atoms with van der Waals surface area (Å²) in [5, 5.41) is 6.83. The normalized spacial score (nSPS) is 12.2. The molecule has 1 atom stereocenters. The molecule has 1 heterocycles. The fourth-order valence-electron chi connectivity index (χ4n) is 1.55. The van der Waals surface area contributed by atoms with Gasteiger partial charge in [0.25, 0.3) is 5.91 Å². The SMILES string of the molecule is CC(NC(=O)c1ccc(F)cc1Br)c1ccsc1. The van der Waals surface area contributed by atoms with E-state index in [1.807, 2.05) is 23.8 Å². The van der Waals surface area contributed by atoms with Gasteiger partial charge >= 0.3 is 0 Å². The van der Waals surface area contributed by atoms with Gasteiger partial charge in [0, 0.05) is 4.47 Å². The smallest absolute Gasteiger partial charge is 0.252 e. The van der Waals surface area contributed by atoms with Crippen LogP contribution < -0.4 is 5.32 Å². The van der Waals surface area contributed by atoms with Crippen LogP contribution in [0.4, 0.5) is 4.39 Å². The number of benzene rings is 1. The van der Waals surface area contributed by atoms with Gasteiger partial charge in [-0.25, -0.2) is 4.39 Å². The Kier molecular flexibility index (Phi) is 4.14. The molecule has 0 bridgehead atoms. The van der Waals surface area contributed by atoms with Gasteiger partial charge in [-0.1, -0.05) is 0 Å². The highest BCUT2D eigenvalue weighted by Gasteiger charge is 2.14. The van der Waals surface area contributed by atoms with Crippen molar-refractivity contribution in [3.63, 3.8) is 0 Å². The monoisotopic (exact) mass is 327 g/mol. The molecule has 5 heteroatoms. The topological polar surface area (TPSA) is 29.1 Å². The molecule has 0 spiro atoms. The average Bonchev–Trinajstić information content (AvgIpc) is 2.81. The number of halogens is 2. The highest BCUT2D eigenvalue weighted by atomic mass is 79.9. The van der Waals surface area contributed by atoms with Gasteiger partial charge in [0.1, 0.15) is 5.82 Å². The molecule has 2 rings (SSSR count). The van der Waals surface area contributed by atoms with E-state index in [0.717, 1.165) is 5.56 Å². The zero-order chi connectivity index (χ0) is 13.1. The Labute approximate surface area is 117 Å². The Morgan fingerprint density at radius 2 is 2.22 bits per heavy atom. The zero-order valence-electron chi connectivity index (χ0n) is 9.61. The number of amides is 1. The molecule has 2 nitrogen and oxygen atoms in total. The molecule has 0 saturated heterocycles. The minimum Gasteiger partial charge on any atom is -0.345 e. The maximum Gasteiger partial charge on any atom is 0.252 e. The lowest BCUT2D eigenvalue weighted by Crippen LogP contribution is -2.26. The Morgan fingerprint density at radius 3 is 2.83 bits per heavy atom. The van der Waals surface area contributed by atoms with Crippen molar-refractivity contribution in [2.24, 2.45) is 0 Å². The lowest BCUT2D eigenvalue weighted by atomic mass is 10.1. The largest absolute Gasteiger partial charge is 0.345 e. The van der Waals surface area contributed by atoms with E-state index in [-0.39, 0.29) is 17.8 Å². The predicted octanol–water partition coefficient (Wildman–Crippen LogP) is 4.14. The summed E-state index contributed by atoms with van der Waals surface area (Å²) in [6, 6.07) is 5.92. The van der Waals surface area contributed by atoms with Crippen molar-refractivity contribution in [3.05, 3.63) is 56.4 Å². The average molecular weight is 328 g/mol. The van der Waals surface area contributed by atoms with Crippen LogP contribution in [0.1, 0.15) is 28.9 Å². The Bertz CT molecular complexity index is 556. The lowest BCUT2D eigenvalue weighted by Gasteiger charge is -2.13. The molecular weight excluding hydrogens is 317 g/mol. The summed E-state index contributed by atoms with van der Waals surface area (Å²) in [6.45, 7) is 1.91. The number of hydrogen-bond donors (Lipinski definition) is 1. The third-order valence-electron chi connectivity index (χ3n) is 2.57. The van der Waals surface area contributed by atoms with E-state index < -0.39 is 0 Å². The lowest BCUT2D eigenvalue weighted by molar-refractivity contribution is 0.0939. The van der Waals surface area contributed by atoms with E-state index >= 15 is 0 Å². The first-order valence-corrected chi connectivity index (χ1v) is 7.09. The highest BCUT2D eigenvalue weighted by molar-refractivity contribution is 9.10. The number of carbonyl (C=O) groups is 1. The minimum atomic E-state index is -0.371. The summed E-state index contributed by atoms with van der Waals surface area (Å²) in [5.74, 6) is -0.593. The maximum absolute atomic E-state index is 12.9. The van der Waals surface area contributed by atoms with Crippen molar-refractivity contribution in [2.45, 2.75) is 13.0 Å². The molecule has 2 aromatic rings. The van der Waals surface area contributed by atoms with Crippen molar-refractivity contribution in [1.82, 2.24) is 5.32 Å². The highest BCUT2D eigenvalue weighted by Crippen LogP contribution is 2.20. The minimum absolute atomic E-state index is 0.0688. The number of hydrogen-bond acceptors (Lipinski definition) is 2. The van der Waals surface area contributed by atoms with E-state index in [1.165, 1.54) is 18.2 Å². The molecule has 1 aromatic heterocycles. The van der Waals surface area contributed by atoms with Gasteiger partial charge in [-0.3, -0.25) is 4.79 Å². The molecule has 1 amide bonds. The molecule has 94 valence electrons. The summed E-state index contributed by atoms with van der Waals surface area (Å²) in [4.78, 5) is 12.0. The fraction of sp³-hybridized carbons (Fsp3) is 0.154. The molecule has 0 saturated carbocycles. The molecule has 0 aliphatic carbocycles. The van der Waals surface area contributed by atoms with Crippen LogP contribution in [-0.2, 0) is 0 Å². The molecule has 0 radical (unpaired) electrons. The van der Waals surface area contributed by atoms with Gasteiger partial charge in [0.05, 0.1) is 11.6 Å². The van der Waals surface area contributed by atoms with Gasteiger partial charge in [0.15, 0.2) is 0 Å². The van der Waals surface area contributed by atoms with Gasteiger partial charge < -0.3 is 5.32 Å². The molecule has 0 fully saturated rings. The number of rotatable bonds is 3. The van der Waals surface area contributed by atoms with E-state index in [4.69, 9.17) is 0 Å². The number of nitrogens with one attached hydrogen (secondary N) is 1. The summed E-state index contributed by atoms with van der Waals surface area (Å²) in [7, 11) is 0. The quantitative estimate of drug-likeness (QED) is 0.901. The van der Waals surface area contributed by atoms with Crippen LogP contribution >= 0.6 is 27.3 Å². The standard InChI is InChI=1S/C13H11BrFNOS/c1-8(9-4-5-18-7-9)16-13(17)11-3-2-10(15)6-12(11)14/h2-8H,1H3,(H,16,17). The van der Waals surface area contributed by atoms with Crippen LogP contribution in [0.25, 0.3) is 0 Å². The van der Waals surface area contributed by atoms with Crippen LogP contribution in [0.5, 0.6) is 0 Å². The molecule has 1 N–H and O–H groups in total. The summed E-state index contributed by atoms with van der Waals surface area (Å²) < 4.78 is 13.4. The van der Waals surface area contributed by atoms with E-state index in [9.17, 15) is 9.18 Å². The van der Waals surface area contributed by atoms with Crippen LogP contribution in [0, 0.1) is 5.82 Å². The van der Waals surface area contributed by atoms with Crippen molar-refractivity contribution in [1.29, 1.82) is 0 Å². The van der Waals surface area contributed by atoms with Gasteiger partial charge in [-0.2, -0.15) is 11.3 Å². The molecule has 1 unspecified atom stereocenters. The Morgan fingerprint density at radius 1 is 1.44 bits per heavy atom. The van der Waals surface area contributed by atoms with E-state index in [0.29, 0.717) is 10.0 Å². The van der Waals surface area contributed by atoms with Crippen molar-refractivity contribution >= 4 is 33.2 Å². The van der Waals surface area contributed by atoms with Crippen LogP contribution in [-0.4, -0.2) is 5.91 Å². The second kappa shape index (κ2) is 5.63. The Balaban J connectivity index is 2.12. The molecular formula is C13H11BrFNOS. The first-order valence-electron chi connectivity index (χ1n) is 5.36. The van der Waals surface area contributed by atoms with Crippen LogP contribution in [0.3, 0.4) is 0 Å². The first kappa shape index (κ1) is 13.2. The molecule has 0 aliphatic rings. The van der Waals surface area contributed by atoms with Crippen LogP contribution in [0.15, 0.2) is 39.5 Å². The number of carbonyl (C=O) groups excluding carboxylic acids is 1. The van der Waals surface area contributed by atoms with Gasteiger partial charge in [-0.05, 0) is 63.4 Å². The van der Waals surface area contributed by atoms with Gasteiger partial charge in [-0.15, -0.1) is 0 Å². The molecule has 18 heavy (non-hydrogen) atoms. The third-order valence-corrected chi connectivity index (χ3v) is 3.92. The summed E-state index contributed by atoms with van der Waals surface area (Å²) >= 11 is 4.77. The number of thiophene rings is 1. The van der Waals surface area contributed by atoms with Crippen LogP contribution in [0.2, 0.25) is 0 Å². The zero-order valence-corrected chi connectivity index (χ0v) is 12.0. The third kappa shape index (κ3) is 2.97. The van der Waals surface area contributed by atoms with E-state index in [1.54, 1.807) is 11.3 Å². The maximum atomic E-state index is 12.9. The van der Waals surface area contributed by atoms with Gasteiger partial charge in [0.2, 0.25) is 0 Å². The van der Waals surface area contributed by atoms with Crippen molar-refractivity contribution in [3.8, 4) is 0 Å². The predicted molar refractivity (Wildman–Crippen MR) is 74.3 cm³/mol. The van der Waals surface area contributed by atoms with Crippen molar-refractivity contribution < 1.29 is 9.18 Å². The first-order chi connectivity index (χ1) is 8.58. The Hall–Kier alpha value is -1.20. The summed E-state index contributed by atoms with van der Waals surface area (Å²) in [5.41, 5.74) is 1.49. The second-order valence-corrected chi connectivity index (χ2v) is 5.51. The van der Waals surface area contributed by atoms with E-state index in [2.05, 4.69) is 21.2 Å². The van der Waals surface area contributed by atoms with Crippen molar-refractivity contribution in [2.75, 3.05) is 0 Å². The molecule has 0 aliphatic heterocycles.